The SMILES string of the molecule is CC/C=C\C/C=C\C/C=C\C/C=C\C/C=C\C/C=C\C/C=C\C/C=C\CCCCCCCCCCCCCCCCC(=O)OC(COC(=O)CCCCCCCCCCCCCCCCCCCCCCCCCCCCCCC/C=C\CCCCCCCCCC)COP(=O)(O)OCCN. The van der Waals surface area contributed by atoms with E-state index in [4.69, 9.17) is 24.3 Å². The van der Waals surface area contributed by atoms with Gasteiger partial charge in [-0.05, 0) is 103 Å². The van der Waals surface area contributed by atoms with Crippen LogP contribution < -0.4 is 5.73 Å². The fourth-order valence-electron chi connectivity index (χ4n) is 12.8. The van der Waals surface area contributed by atoms with Crippen LogP contribution in [0.3, 0.4) is 0 Å². The van der Waals surface area contributed by atoms with Crippen molar-refractivity contribution < 1.29 is 37.6 Å². The van der Waals surface area contributed by atoms with Crippen LogP contribution in [0.4, 0.5) is 0 Å². The molecule has 0 fully saturated rings. The third-order valence-electron chi connectivity index (χ3n) is 19.1. The zero-order valence-electron chi connectivity index (χ0n) is 66.4. The van der Waals surface area contributed by atoms with Gasteiger partial charge >= 0.3 is 19.8 Å². The Balaban J connectivity index is 3.77. The van der Waals surface area contributed by atoms with Gasteiger partial charge in [0.1, 0.15) is 6.61 Å². The van der Waals surface area contributed by atoms with Crippen LogP contribution in [0, 0.1) is 0 Å². The fourth-order valence-corrected chi connectivity index (χ4v) is 13.5. The van der Waals surface area contributed by atoms with E-state index in [9.17, 15) is 19.0 Å². The molecule has 0 saturated heterocycles. The van der Waals surface area contributed by atoms with E-state index in [0.29, 0.717) is 6.42 Å². The minimum absolute atomic E-state index is 0.0520. The van der Waals surface area contributed by atoms with Crippen LogP contribution in [0.1, 0.15) is 425 Å². The molecule has 0 heterocycles. The second-order valence-electron chi connectivity index (χ2n) is 29.0. The summed E-state index contributed by atoms with van der Waals surface area (Å²) in [6.07, 6.45) is 120. The zero-order chi connectivity index (χ0) is 72.9. The van der Waals surface area contributed by atoms with Gasteiger partial charge in [0.2, 0.25) is 0 Å². The summed E-state index contributed by atoms with van der Waals surface area (Å²) in [7, 11) is -4.40. The first-order valence-corrected chi connectivity index (χ1v) is 44.9. The van der Waals surface area contributed by atoms with E-state index < -0.39 is 26.5 Å². The molecule has 0 spiro atoms. The van der Waals surface area contributed by atoms with Crippen molar-refractivity contribution in [2.45, 2.75) is 431 Å². The Morgan fingerprint density at radius 1 is 0.307 bits per heavy atom. The van der Waals surface area contributed by atoms with Gasteiger partial charge in [0, 0.05) is 19.4 Å². The maximum absolute atomic E-state index is 12.8. The molecule has 0 rings (SSSR count). The molecule has 0 aromatic rings. The molecule has 2 unspecified atom stereocenters. The summed E-state index contributed by atoms with van der Waals surface area (Å²) in [5, 5.41) is 0. The second kappa shape index (κ2) is 85.6. The summed E-state index contributed by atoms with van der Waals surface area (Å²) in [5.74, 6) is -0.812. The van der Waals surface area contributed by atoms with Gasteiger partial charge in [0.25, 0.3) is 0 Å². The van der Waals surface area contributed by atoms with Gasteiger partial charge in [0.05, 0.1) is 13.2 Å². The van der Waals surface area contributed by atoms with Crippen molar-refractivity contribution in [1.29, 1.82) is 0 Å². The number of rotatable bonds is 82. The van der Waals surface area contributed by atoms with Crippen LogP contribution in [0.2, 0.25) is 0 Å². The van der Waals surface area contributed by atoms with E-state index in [0.717, 1.165) is 89.9 Å². The standard InChI is InChI=1S/C91H164NO8P/c1-3-5-7-9-11-13-15-17-19-21-23-25-27-29-31-33-35-37-39-41-43-44-46-47-49-51-53-55-57-59-61-63-65-67-69-71-73-75-77-79-81-83-90(93)97-87-89(88-99-101(95,96)98-86-85-92)100-91(94)84-82-80-78-76-74-72-70-68-66-64-62-60-58-56-54-52-50-48-45-42-40-38-36-34-32-30-28-26-24-22-20-18-16-14-12-10-8-6-4-2/h6,8,12,14,18,20-21,23-24,26,30,32,36,38,42,45,50,52,89H,3-5,7,9-11,13,15-17,19,22,25,27-29,31,33-35,37,39-41,43-44,46-49,51,53-88,92H2,1-2H3,(H,95,96)/b8-6-,14-12-,20-18-,23-21-,26-24-,32-30-,38-36-,45-42-,52-50-. The monoisotopic (exact) mass is 1430 g/mol. The smallest absolute Gasteiger partial charge is 0.462 e. The Bertz CT molecular complexity index is 2040. The highest BCUT2D eigenvalue weighted by atomic mass is 31.2. The second-order valence-corrected chi connectivity index (χ2v) is 30.5. The number of phosphoric acid groups is 1. The van der Waals surface area contributed by atoms with Crippen molar-refractivity contribution in [3.05, 3.63) is 109 Å². The van der Waals surface area contributed by atoms with E-state index in [1.165, 1.54) is 302 Å². The normalized spacial score (nSPS) is 13.3. The summed E-state index contributed by atoms with van der Waals surface area (Å²) in [6.45, 7) is 3.69. The molecule has 0 aliphatic carbocycles. The first kappa shape index (κ1) is 97.7. The highest BCUT2D eigenvalue weighted by Gasteiger charge is 2.26. The maximum atomic E-state index is 12.8. The van der Waals surface area contributed by atoms with Crippen LogP contribution in [0.15, 0.2) is 109 Å². The number of hydrogen-bond donors (Lipinski definition) is 2. The van der Waals surface area contributed by atoms with Crippen molar-refractivity contribution in [3.8, 4) is 0 Å². The molecule has 0 aliphatic rings. The molecule has 10 heteroatoms. The largest absolute Gasteiger partial charge is 0.472 e. The Labute approximate surface area is 626 Å². The lowest BCUT2D eigenvalue weighted by Crippen LogP contribution is -2.29. The molecule has 586 valence electrons. The molecule has 0 radical (unpaired) electrons. The average Bonchev–Trinajstić information content (AvgIpc) is 1.01. The van der Waals surface area contributed by atoms with Crippen LogP contribution in [-0.4, -0.2) is 49.3 Å². The Hall–Kier alpha value is -3.33. The van der Waals surface area contributed by atoms with Crippen molar-refractivity contribution in [2.24, 2.45) is 5.73 Å². The number of carbonyl (C=O) groups excluding carboxylic acids is 2. The van der Waals surface area contributed by atoms with Gasteiger partial charge in [-0.2, -0.15) is 0 Å². The number of nitrogens with two attached hydrogens (primary N) is 1. The number of hydrogen-bond acceptors (Lipinski definition) is 8. The molecule has 9 nitrogen and oxygen atoms in total. The van der Waals surface area contributed by atoms with E-state index in [2.05, 4.69) is 123 Å². The highest BCUT2D eigenvalue weighted by molar-refractivity contribution is 7.47. The molecular formula is C91H164NO8P. The van der Waals surface area contributed by atoms with Crippen LogP contribution in [0.5, 0.6) is 0 Å². The number of esters is 2. The zero-order valence-corrected chi connectivity index (χ0v) is 67.3. The molecule has 0 aromatic heterocycles. The van der Waals surface area contributed by atoms with Crippen molar-refractivity contribution in [3.63, 3.8) is 0 Å². The Kier molecular flexibility index (Phi) is 82.8. The van der Waals surface area contributed by atoms with Crippen molar-refractivity contribution in [1.82, 2.24) is 0 Å². The average molecular weight is 1430 g/mol. The molecule has 0 aromatic carbocycles. The lowest BCUT2D eigenvalue weighted by atomic mass is 10.0. The third-order valence-corrected chi connectivity index (χ3v) is 20.1. The van der Waals surface area contributed by atoms with Crippen LogP contribution in [-0.2, 0) is 32.7 Å². The van der Waals surface area contributed by atoms with E-state index in [1.54, 1.807) is 0 Å². The van der Waals surface area contributed by atoms with Crippen molar-refractivity contribution in [2.75, 3.05) is 26.4 Å². The summed E-state index contributed by atoms with van der Waals surface area (Å²) in [4.78, 5) is 35.5. The summed E-state index contributed by atoms with van der Waals surface area (Å²) in [5.41, 5.74) is 5.42. The highest BCUT2D eigenvalue weighted by Crippen LogP contribution is 2.43. The van der Waals surface area contributed by atoms with E-state index >= 15 is 0 Å². The first-order valence-electron chi connectivity index (χ1n) is 43.4. The van der Waals surface area contributed by atoms with Crippen LogP contribution in [0.25, 0.3) is 0 Å². The number of allylic oxidation sites excluding steroid dienone is 18. The van der Waals surface area contributed by atoms with Gasteiger partial charge < -0.3 is 20.1 Å². The van der Waals surface area contributed by atoms with Gasteiger partial charge in [-0.15, -0.1) is 0 Å². The number of ether oxygens (including phenoxy) is 2. The van der Waals surface area contributed by atoms with Gasteiger partial charge in [0.15, 0.2) is 6.10 Å². The molecule has 3 N–H and O–H groups in total. The Morgan fingerprint density at radius 3 is 0.822 bits per heavy atom. The topological polar surface area (TPSA) is 134 Å². The third kappa shape index (κ3) is 85.5. The molecule has 101 heavy (non-hydrogen) atoms. The molecule has 0 bridgehead atoms. The predicted molar refractivity (Wildman–Crippen MR) is 441 cm³/mol. The lowest BCUT2D eigenvalue weighted by molar-refractivity contribution is -0.161. The maximum Gasteiger partial charge on any atom is 0.472 e. The first-order chi connectivity index (χ1) is 49.8. The quantitative estimate of drug-likeness (QED) is 0.0264. The molecular weight excluding hydrogens is 1270 g/mol. The van der Waals surface area contributed by atoms with Gasteiger partial charge in [-0.1, -0.05) is 419 Å². The fraction of sp³-hybridized carbons (Fsp3) is 0.780. The van der Waals surface area contributed by atoms with Gasteiger partial charge in [-0.25, -0.2) is 4.57 Å². The predicted octanol–water partition coefficient (Wildman–Crippen LogP) is 29.5. The van der Waals surface area contributed by atoms with E-state index in [1.807, 2.05) is 0 Å². The molecule has 0 aliphatic heterocycles. The number of unbranched alkanes of at least 4 members (excludes halogenated alkanes) is 51. The van der Waals surface area contributed by atoms with Crippen molar-refractivity contribution >= 4 is 19.8 Å². The molecule has 0 amide bonds. The minimum atomic E-state index is -4.40. The summed E-state index contributed by atoms with van der Waals surface area (Å²) in [6, 6.07) is 0. The van der Waals surface area contributed by atoms with Crippen LogP contribution >= 0.6 is 7.82 Å². The minimum Gasteiger partial charge on any atom is -0.462 e. The van der Waals surface area contributed by atoms with Gasteiger partial charge in [-0.3, -0.25) is 18.6 Å². The summed E-state index contributed by atoms with van der Waals surface area (Å²) < 4.78 is 33.3. The summed E-state index contributed by atoms with van der Waals surface area (Å²) >= 11 is 0. The van der Waals surface area contributed by atoms with E-state index in [-0.39, 0.29) is 38.6 Å². The molecule has 0 saturated carbocycles. The number of carbonyl (C=O) groups is 2. The Morgan fingerprint density at radius 2 is 0.545 bits per heavy atom. The lowest BCUT2D eigenvalue weighted by Gasteiger charge is -2.19. The molecule has 2 atom stereocenters. The number of phosphoric ester groups is 1.